The van der Waals surface area contributed by atoms with Crippen molar-refractivity contribution in [3.63, 3.8) is 0 Å². The van der Waals surface area contributed by atoms with Crippen LogP contribution >= 0.6 is 0 Å². The molecule has 0 radical (unpaired) electrons. The Labute approximate surface area is 97.0 Å². The molecule has 88 valence electrons. The van der Waals surface area contributed by atoms with Crippen LogP contribution in [0.25, 0.3) is 0 Å². The maximum Gasteiger partial charge on any atom is 0.0537 e. The Morgan fingerprint density at radius 1 is 1.50 bits per heavy atom. The third-order valence-electron chi connectivity index (χ3n) is 2.38. The molecule has 0 amide bonds. The van der Waals surface area contributed by atoms with Gasteiger partial charge in [0.15, 0.2) is 0 Å². The van der Waals surface area contributed by atoms with Crippen LogP contribution in [0.4, 0.5) is 0 Å². The molecule has 1 aromatic heterocycles. The van der Waals surface area contributed by atoms with Crippen LogP contribution in [-0.4, -0.2) is 34.3 Å². The zero-order valence-corrected chi connectivity index (χ0v) is 9.84. The van der Waals surface area contributed by atoms with Crippen LogP contribution in [0.3, 0.4) is 0 Å². The quantitative estimate of drug-likeness (QED) is 0.700. The standard InChI is InChI=1S/C12H20N4/c1-4-6-16(7-5-2)10-12(13)11-8-14-15(3)9-11/h4-5,8-9,12H,1-2,6-7,10,13H2,3H3. The van der Waals surface area contributed by atoms with Gasteiger partial charge in [0.25, 0.3) is 0 Å². The lowest BCUT2D eigenvalue weighted by Gasteiger charge is -2.22. The van der Waals surface area contributed by atoms with E-state index >= 15 is 0 Å². The second-order valence-corrected chi connectivity index (χ2v) is 3.85. The Kier molecular flexibility index (Phi) is 4.95. The number of nitrogens with zero attached hydrogens (tertiary/aromatic N) is 3. The van der Waals surface area contributed by atoms with Crippen molar-refractivity contribution in [1.29, 1.82) is 0 Å². The van der Waals surface area contributed by atoms with Crippen LogP contribution < -0.4 is 5.73 Å². The summed E-state index contributed by atoms with van der Waals surface area (Å²) in [7, 11) is 1.89. The highest BCUT2D eigenvalue weighted by Crippen LogP contribution is 2.10. The molecule has 0 spiro atoms. The predicted octanol–water partition coefficient (Wildman–Crippen LogP) is 1.09. The fraction of sp³-hybridized carbons (Fsp3) is 0.417. The average Bonchev–Trinajstić information content (AvgIpc) is 2.65. The lowest BCUT2D eigenvalue weighted by Crippen LogP contribution is -2.32. The van der Waals surface area contributed by atoms with E-state index in [-0.39, 0.29) is 6.04 Å². The molecule has 0 aliphatic carbocycles. The number of rotatable bonds is 7. The molecule has 16 heavy (non-hydrogen) atoms. The van der Waals surface area contributed by atoms with Gasteiger partial charge in [0, 0.05) is 44.5 Å². The molecular weight excluding hydrogens is 200 g/mol. The summed E-state index contributed by atoms with van der Waals surface area (Å²) >= 11 is 0. The molecule has 4 nitrogen and oxygen atoms in total. The van der Waals surface area contributed by atoms with Crippen molar-refractivity contribution >= 4 is 0 Å². The van der Waals surface area contributed by atoms with Crippen LogP contribution in [0.1, 0.15) is 11.6 Å². The molecule has 0 aliphatic rings. The van der Waals surface area contributed by atoms with Crippen LogP contribution in [0.2, 0.25) is 0 Å². The molecule has 4 heteroatoms. The minimum atomic E-state index is -0.0198. The van der Waals surface area contributed by atoms with Crippen LogP contribution in [0.15, 0.2) is 37.7 Å². The van der Waals surface area contributed by atoms with E-state index in [4.69, 9.17) is 5.73 Å². The molecule has 1 unspecified atom stereocenters. The first-order chi connectivity index (χ1) is 7.67. The summed E-state index contributed by atoms with van der Waals surface area (Å²) in [5.41, 5.74) is 7.16. The highest BCUT2D eigenvalue weighted by atomic mass is 15.2. The number of hydrogen-bond donors (Lipinski definition) is 1. The number of aryl methyl sites for hydroxylation is 1. The van der Waals surface area contributed by atoms with E-state index in [0.717, 1.165) is 25.2 Å². The highest BCUT2D eigenvalue weighted by molar-refractivity contribution is 5.10. The van der Waals surface area contributed by atoms with E-state index in [1.54, 1.807) is 4.68 Å². The van der Waals surface area contributed by atoms with E-state index in [2.05, 4.69) is 23.2 Å². The first-order valence-corrected chi connectivity index (χ1v) is 5.35. The van der Waals surface area contributed by atoms with Gasteiger partial charge in [0.1, 0.15) is 0 Å². The second kappa shape index (κ2) is 6.25. The molecule has 0 fully saturated rings. The van der Waals surface area contributed by atoms with Gasteiger partial charge in [0.05, 0.1) is 6.20 Å². The lowest BCUT2D eigenvalue weighted by molar-refractivity contribution is 0.313. The molecule has 0 aromatic carbocycles. The monoisotopic (exact) mass is 220 g/mol. The number of nitrogens with two attached hydrogens (primary N) is 1. The second-order valence-electron chi connectivity index (χ2n) is 3.85. The van der Waals surface area contributed by atoms with E-state index in [1.807, 2.05) is 31.6 Å². The zero-order valence-electron chi connectivity index (χ0n) is 9.84. The third-order valence-corrected chi connectivity index (χ3v) is 2.38. The van der Waals surface area contributed by atoms with Crippen molar-refractivity contribution in [3.8, 4) is 0 Å². The molecule has 0 saturated carbocycles. The number of hydrogen-bond acceptors (Lipinski definition) is 3. The Bertz CT molecular complexity index is 333. The maximum absolute atomic E-state index is 6.11. The van der Waals surface area contributed by atoms with E-state index in [0.29, 0.717) is 0 Å². The van der Waals surface area contributed by atoms with Crippen molar-refractivity contribution in [2.24, 2.45) is 12.8 Å². The van der Waals surface area contributed by atoms with Gasteiger partial charge in [-0.15, -0.1) is 13.2 Å². The Morgan fingerprint density at radius 2 is 2.12 bits per heavy atom. The van der Waals surface area contributed by atoms with Crippen LogP contribution in [-0.2, 0) is 7.05 Å². The Hall–Kier alpha value is -1.39. The molecule has 0 aliphatic heterocycles. The van der Waals surface area contributed by atoms with Gasteiger partial charge in [0.2, 0.25) is 0 Å². The topological polar surface area (TPSA) is 47.1 Å². The summed E-state index contributed by atoms with van der Waals surface area (Å²) in [6, 6.07) is -0.0198. The largest absolute Gasteiger partial charge is 0.323 e. The van der Waals surface area contributed by atoms with Gasteiger partial charge in [-0.3, -0.25) is 9.58 Å². The predicted molar refractivity (Wildman–Crippen MR) is 67.0 cm³/mol. The molecule has 1 aromatic rings. The van der Waals surface area contributed by atoms with Crippen molar-refractivity contribution in [2.45, 2.75) is 6.04 Å². The Morgan fingerprint density at radius 3 is 2.56 bits per heavy atom. The minimum absolute atomic E-state index is 0.0198. The Balaban J connectivity index is 2.56. The third kappa shape index (κ3) is 3.64. The van der Waals surface area contributed by atoms with E-state index in [1.165, 1.54) is 0 Å². The first-order valence-electron chi connectivity index (χ1n) is 5.35. The molecule has 1 atom stereocenters. The van der Waals surface area contributed by atoms with Crippen molar-refractivity contribution in [1.82, 2.24) is 14.7 Å². The fourth-order valence-electron chi connectivity index (χ4n) is 1.60. The molecule has 0 bridgehead atoms. The summed E-state index contributed by atoms with van der Waals surface area (Å²) in [4.78, 5) is 2.19. The smallest absolute Gasteiger partial charge is 0.0537 e. The summed E-state index contributed by atoms with van der Waals surface area (Å²) in [5, 5.41) is 4.11. The molecule has 1 rings (SSSR count). The normalized spacial score (nSPS) is 12.7. The molecule has 1 heterocycles. The molecule has 2 N–H and O–H groups in total. The van der Waals surface area contributed by atoms with Gasteiger partial charge >= 0.3 is 0 Å². The lowest BCUT2D eigenvalue weighted by atomic mass is 10.1. The van der Waals surface area contributed by atoms with Crippen molar-refractivity contribution in [3.05, 3.63) is 43.3 Å². The number of aromatic nitrogens is 2. The van der Waals surface area contributed by atoms with E-state index in [9.17, 15) is 0 Å². The summed E-state index contributed by atoms with van der Waals surface area (Å²) in [5.74, 6) is 0. The van der Waals surface area contributed by atoms with Gasteiger partial charge in [-0.2, -0.15) is 5.10 Å². The average molecular weight is 220 g/mol. The van der Waals surface area contributed by atoms with Gasteiger partial charge in [-0.25, -0.2) is 0 Å². The van der Waals surface area contributed by atoms with Crippen LogP contribution in [0, 0.1) is 0 Å². The van der Waals surface area contributed by atoms with Gasteiger partial charge in [-0.05, 0) is 0 Å². The molecular formula is C12H20N4. The highest BCUT2D eigenvalue weighted by Gasteiger charge is 2.11. The minimum Gasteiger partial charge on any atom is -0.323 e. The zero-order chi connectivity index (χ0) is 12.0. The summed E-state index contributed by atoms with van der Waals surface area (Å²) in [6.45, 7) is 9.89. The van der Waals surface area contributed by atoms with Gasteiger partial charge in [-0.1, -0.05) is 12.2 Å². The maximum atomic E-state index is 6.11. The van der Waals surface area contributed by atoms with Gasteiger partial charge < -0.3 is 5.73 Å². The molecule has 0 saturated heterocycles. The fourth-order valence-corrected chi connectivity index (χ4v) is 1.60. The first kappa shape index (κ1) is 12.7. The van der Waals surface area contributed by atoms with Crippen molar-refractivity contribution in [2.75, 3.05) is 19.6 Å². The van der Waals surface area contributed by atoms with Crippen molar-refractivity contribution < 1.29 is 0 Å². The summed E-state index contributed by atoms with van der Waals surface area (Å²) in [6.07, 6.45) is 7.51. The van der Waals surface area contributed by atoms with Crippen LogP contribution in [0.5, 0.6) is 0 Å². The SMILES string of the molecule is C=CCN(CC=C)CC(N)c1cnn(C)c1. The van der Waals surface area contributed by atoms with E-state index < -0.39 is 0 Å². The summed E-state index contributed by atoms with van der Waals surface area (Å²) < 4.78 is 1.76.